The fraction of sp³-hybridized carbons (Fsp3) is 0.412. The molecular formula is C17H23NO2. The number of rotatable bonds is 6. The highest BCUT2D eigenvalue weighted by Crippen LogP contribution is 2.24. The van der Waals surface area contributed by atoms with Gasteiger partial charge < -0.3 is 15.3 Å². The molecule has 1 aromatic heterocycles. The number of aliphatic hydroxyl groups excluding tert-OH is 1. The Labute approximate surface area is 120 Å². The molecule has 2 unspecified atom stereocenters. The van der Waals surface area contributed by atoms with Crippen molar-refractivity contribution in [1.82, 2.24) is 0 Å². The molecule has 0 radical (unpaired) electrons. The van der Waals surface area contributed by atoms with Gasteiger partial charge >= 0.3 is 0 Å². The molecule has 0 fully saturated rings. The van der Waals surface area contributed by atoms with E-state index in [9.17, 15) is 5.11 Å². The second-order valence-corrected chi connectivity index (χ2v) is 5.37. The van der Waals surface area contributed by atoms with Crippen LogP contribution >= 0.6 is 0 Å². The van der Waals surface area contributed by atoms with Crippen LogP contribution in [0.5, 0.6) is 0 Å². The average Bonchev–Trinajstić information content (AvgIpc) is 2.94. The highest BCUT2D eigenvalue weighted by molar-refractivity contribution is 5.32. The van der Waals surface area contributed by atoms with Gasteiger partial charge in [-0.1, -0.05) is 18.2 Å². The SMILES string of the molecule is Cc1ccc(C(CN)C(O)CCc2ccco2)cc1C. The summed E-state index contributed by atoms with van der Waals surface area (Å²) in [5.74, 6) is 0.879. The number of aliphatic hydroxyl groups is 1. The molecule has 2 atom stereocenters. The molecule has 0 saturated heterocycles. The lowest BCUT2D eigenvalue weighted by Crippen LogP contribution is -2.26. The molecule has 3 N–H and O–H groups in total. The first-order chi connectivity index (χ1) is 9.61. The summed E-state index contributed by atoms with van der Waals surface area (Å²) in [6.45, 7) is 4.62. The summed E-state index contributed by atoms with van der Waals surface area (Å²) in [6, 6.07) is 10.1. The molecule has 0 aliphatic carbocycles. The maximum absolute atomic E-state index is 10.4. The summed E-state index contributed by atoms with van der Waals surface area (Å²) in [6.07, 6.45) is 2.59. The van der Waals surface area contributed by atoms with E-state index in [1.807, 2.05) is 12.1 Å². The predicted molar refractivity (Wildman–Crippen MR) is 80.7 cm³/mol. The predicted octanol–water partition coefficient (Wildman–Crippen LogP) is 2.93. The third-order valence-corrected chi connectivity index (χ3v) is 3.94. The van der Waals surface area contributed by atoms with Gasteiger partial charge in [0.2, 0.25) is 0 Å². The van der Waals surface area contributed by atoms with Crippen LogP contribution in [0, 0.1) is 13.8 Å². The number of aryl methyl sites for hydroxylation is 3. The second-order valence-electron chi connectivity index (χ2n) is 5.37. The Morgan fingerprint density at radius 2 is 2.00 bits per heavy atom. The van der Waals surface area contributed by atoms with Gasteiger partial charge in [0.1, 0.15) is 5.76 Å². The van der Waals surface area contributed by atoms with Gasteiger partial charge in [-0.2, -0.15) is 0 Å². The van der Waals surface area contributed by atoms with Crippen molar-refractivity contribution >= 4 is 0 Å². The van der Waals surface area contributed by atoms with Crippen LogP contribution in [-0.4, -0.2) is 17.8 Å². The molecule has 0 aliphatic heterocycles. The van der Waals surface area contributed by atoms with Crippen LogP contribution < -0.4 is 5.73 Å². The zero-order valence-electron chi connectivity index (χ0n) is 12.2. The molecule has 108 valence electrons. The van der Waals surface area contributed by atoms with Gasteiger partial charge in [0.15, 0.2) is 0 Å². The molecule has 2 aromatic rings. The average molecular weight is 273 g/mol. The van der Waals surface area contributed by atoms with Crippen LogP contribution in [0.15, 0.2) is 41.0 Å². The highest BCUT2D eigenvalue weighted by atomic mass is 16.3. The van der Waals surface area contributed by atoms with Gasteiger partial charge in [-0.15, -0.1) is 0 Å². The molecule has 1 aromatic carbocycles. The van der Waals surface area contributed by atoms with Crippen molar-refractivity contribution < 1.29 is 9.52 Å². The standard InChI is InChI=1S/C17H23NO2/c1-12-5-6-14(10-13(12)2)16(11-18)17(19)8-7-15-4-3-9-20-15/h3-6,9-10,16-17,19H,7-8,11,18H2,1-2H3. The van der Waals surface area contributed by atoms with Crippen LogP contribution in [0.3, 0.4) is 0 Å². The van der Waals surface area contributed by atoms with Gasteiger partial charge in [0.25, 0.3) is 0 Å². The van der Waals surface area contributed by atoms with E-state index in [4.69, 9.17) is 10.2 Å². The first-order valence-corrected chi connectivity index (χ1v) is 7.09. The second kappa shape index (κ2) is 6.73. The molecule has 1 heterocycles. The minimum absolute atomic E-state index is 0.0238. The molecule has 3 heteroatoms. The summed E-state index contributed by atoms with van der Waals surface area (Å²) in [5.41, 5.74) is 9.47. The normalized spacial score (nSPS) is 14.2. The summed E-state index contributed by atoms with van der Waals surface area (Å²) in [4.78, 5) is 0. The van der Waals surface area contributed by atoms with Gasteiger partial charge in [0, 0.05) is 18.9 Å². The first kappa shape index (κ1) is 14.8. The van der Waals surface area contributed by atoms with Gasteiger partial charge in [-0.05, 0) is 49.1 Å². The summed E-state index contributed by atoms with van der Waals surface area (Å²) in [7, 11) is 0. The monoisotopic (exact) mass is 273 g/mol. The molecule has 0 spiro atoms. The minimum Gasteiger partial charge on any atom is -0.469 e. The lowest BCUT2D eigenvalue weighted by Gasteiger charge is -2.22. The van der Waals surface area contributed by atoms with Crippen molar-refractivity contribution in [3.63, 3.8) is 0 Å². The summed E-state index contributed by atoms with van der Waals surface area (Å²) >= 11 is 0. The maximum atomic E-state index is 10.4. The van der Waals surface area contributed by atoms with E-state index in [0.29, 0.717) is 13.0 Å². The quantitative estimate of drug-likeness (QED) is 0.850. The zero-order chi connectivity index (χ0) is 14.5. The van der Waals surface area contributed by atoms with Crippen molar-refractivity contribution in [2.45, 2.75) is 38.7 Å². The Morgan fingerprint density at radius 1 is 1.20 bits per heavy atom. The lowest BCUT2D eigenvalue weighted by atomic mass is 9.89. The van der Waals surface area contributed by atoms with Gasteiger partial charge in [0.05, 0.1) is 12.4 Å². The summed E-state index contributed by atoms with van der Waals surface area (Å²) < 4.78 is 5.30. The van der Waals surface area contributed by atoms with Crippen molar-refractivity contribution in [3.8, 4) is 0 Å². The van der Waals surface area contributed by atoms with Crippen molar-refractivity contribution in [1.29, 1.82) is 0 Å². The third-order valence-electron chi connectivity index (χ3n) is 3.94. The number of benzene rings is 1. The largest absolute Gasteiger partial charge is 0.469 e. The molecule has 0 bridgehead atoms. The number of hydrogen-bond acceptors (Lipinski definition) is 3. The minimum atomic E-state index is -0.452. The molecular weight excluding hydrogens is 250 g/mol. The van der Waals surface area contributed by atoms with E-state index >= 15 is 0 Å². The number of nitrogens with two attached hydrogens (primary N) is 1. The third kappa shape index (κ3) is 3.50. The van der Waals surface area contributed by atoms with Crippen LogP contribution in [0.4, 0.5) is 0 Å². The Kier molecular flexibility index (Phi) is 4.99. The maximum Gasteiger partial charge on any atom is 0.103 e. The molecule has 0 saturated carbocycles. The number of furan rings is 1. The van der Waals surface area contributed by atoms with Gasteiger partial charge in [-0.3, -0.25) is 0 Å². The van der Waals surface area contributed by atoms with E-state index in [1.165, 1.54) is 11.1 Å². The van der Waals surface area contributed by atoms with Crippen molar-refractivity contribution in [3.05, 3.63) is 59.0 Å². The smallest absolute Gasteiger partial charge is 0.103 e. The summed E-state index contributed by atoms with van der Waals surface area (Å²) in [5, 5.41) is 10.4. The van der Waals surface area contributed by atoms with E-state index in [-0.39, 0.29) is 5.92 Å². The topological polar surface area (TPSA) is 59.4 Å². The lowest BCUT2D eigenvalue weighted by molar-refractivity contribution is 0.134. The van der Waals surface area contributed by atoms with E-state index < -0.39 is 6.10 Å². The van der Waals surface area contributed by atoms with E-state index in [2.05, 4.69) is 32.0 Å². The number of hydrogen-bond donors (Lipinski definition) is 2. The zero-order valence-corrected chi connectivity index (χ0v) is 12.2. The van der Waals surface area contributed by atoms with Gasteiger partial charge in [-0.25, -0.2) is 0 Å². The van der Waals surface area contributed by atoms with Crippen LogP contribution in [0.2, 0.25) is 0 Å². The first-order valence-electron chi connectivity index (χ1n) is 7.09. The fourth-order valence-electron chi connectivity index (χ4n) is 2.46. The molecule has 3 nitrogen and oxygen atoms in total. The Hall–Kier alpha value is -1.58. The van der Waals surface area contributed by atoms with E-state index in [1.54, 1.807) is 6.26 Å². The van der Waals surface area contributed by atoms with Crippen LogP contribution in [0.25, 0.3) is 0 Å². The molecule has 20 heavy (non-hydrogen) atoms. The van der Waals surface area contributed by atoms with Crippen molar-refractivity contribution in [2.24, 2.45) is 5.73 Å². The molecule has 0 amide bonds. The van der Waals surface area contributed by atoms with E-state index in [0.717, 1.165) is 17.7 Å². The molecule has 2 rings (SSSR count). The van der Waals surface area contributed by atoms with Crippen LogP contribution in [-0.2, 0) is 6.42 Å². The highest BCUT2D eigenvalue weighted by Gasteiger charge is 2.20. The van der Waals surface area contributed by atoms with Crippen LogP contribution in [0.1, 0.15) is 34.8 Å². The van der Waals surface area contributed by atoms with Crippen molar-refractivity contribution in [2.75, 3.05) is 6.54 Å². The fourth-order valence-corrected chi connectivity index (χ4v) is 2.46. The molecule has 0 aliphatic rings. The Bertz CT molecular complexity index is 534. The Balaban J connectivity index is 2.04. The Morgan fingerprint density at radius 3 is 2.60 bits per heavy atom.